The van der Waals surface area contributed by atoms with Gasteiger partial charge in [-0.15, -0.1) is 10.2 Å². The summed E-state index contributed by atoms with van der Waals surface area (Å²) in [6.45, 7) is 0.144. The molecule has 2 fully saturated rings. The van der Waals surface area contributed by atoms with E-state index in [0.29, 0.717) is 34.6 Å². The Bertz CT molecular complexity index is 797. The number of nitrogens with one attached hydrogen (secondary N) is 1. The van der Waals surface area contributed by atoms with E-state index >= 15 is 0 Å². The van der Waals surface area contributed by atoms with Gasteiger partial charge in [0.15, 0.2) is 18.1 Å². The number of hydrogen-bond donors (Lipinski definition) is 1. The van der Waals surface area contributed by atoms with Crippen molar-refractivity contribution in [2.24, 2.45) is 11.8 Å². The number of nitrogens with zero attached hydrogens (tertiary/aromatic N) is 2. The highest BCUT2D eigenvalue weighted by atomic mass is 32.2. The maximum atomic E-state index is 12.2. The lowest BCUT2D eigenvalue weighted by Crippen LogP contribution is -2.39. The summed E-state index contributed by atoms with van der Waals surface area (Å²) in [5.74, 6) is 3.41. The van der Waals surface area contributed by atoms with Crippen LogP contribution in [-0.2, 0) is 11.4 Å². The Morgan fingerprint density at radius 2 is 2.11 bits per heavy atom. The van der Waals surface area contributed by atoms with Crippen molar-refractivity contribution in [3.63, 3.8) is 0 Å². The van der Waals surface area contributed by atoms with Crippen molar-refractivity contribution in [2.45, 2.75) is 43.6 Å². The molecule has 0 saturated heterocycles. The van der Waals surface area contributed by atoms with Gasteiger partial charge >= 0.3 is 0 Å². The van der Waals surface area contributed by atoms with Gasteiger partial charge in [0.2, 0.25) is 5.91 Å². The van der Waals surface area contributed by atoms with Gasteiger partial charge in [0.25, 0.3) is 11.1 Å². The number of hydrogen-bond acceptors (Lipinski definition) is 7. The third-order valence-corrected chi connectivity index (χ3v) is 6.10. The minimum absolute atomic E-state index is 0.0302. The minimum Gasteiger partial charge on any atom is -0.493 e. The summed E-state index contributed by atoms with van der Waals surface area (Å²) in [7, 11) is 1.59. The van der Waals surface area contributed by atoms with E-state index in [9.17, 15) is 4.79 Å². The monoisotopic (exact) mass is 389 g/mol. The van der Waals surface area contributed by atoms with Crippen molar-refractivity contribution in [3.8, 4) is 11.5 Å². The highest BCUT2D eigenvalue weighted by Gasteiger charge is 2.40. The molecule has 0 aliphatic heterocycles. The first-order chi connectivity index (χ1) is 13.2. The SMILES string of the molecule is COc1ccccc1OCc1nnc(SCC(=O)N[C@H]2C[C@H]3CC[C@@H]2C3)o1. The fraction of sp³-hybridized carbons (Fsp3) is 0.526. The number of rotatable bonds is 8. The van der Waals surface area contributed by atoms with Gasteiger partial charge in [0.05, 0.1) is 12.9 Å². The van der Waals surface area contributed by atoms with Crippen LogP contribution in [0, 0.1) is 11.8 Å². The molecule has 0 spiro atoms. The van der Waals surface area contributed by atoms with Gasteiger partial charge in [-0.3, -0.25) is 4.79 Å². The lowest BCUT2D eigenvalue weighted by molar-refractivity contribution is -0.119. The van der Waals surface area contributed by atoms with E-state index in [1.54, 1.807) is 7.11 Å². The standard InChI is InChI=1S/C19H23N3O4S/c1-24-15-4-2-3-5-16(15)25-10-18-21-22-19(26-18)27-11-17(23)20-14-9-12-6-7-13(14)8-12/h2-5,12-14H,6-11H2,1H3,(H,20,23)/t12-,13+,14-/m0/s1. The normalized spacial score (nSPS) is 23.4. The van der Waals surface area contributed by atoms with Crippen LogP contribution in [0.1, 0.15) is 31.6 Å². The van der Waals surface area contributed by atoms with Gasteiger partial charge in [-0.1, -0.05) is 30.3 Å². The number of methoxy groups -OCH3 is 1. The highest BCUT2D eigenvalue weighted by molar-refractivity contribution is 7.99. The number of aromatic nitrogens is 2. The van der Waals surface area contributed by atoms with Gasteiger partial charge in [-0.05, 0) is 43.2 Å². The molecule has 1 heterocycles. The Morgan fingerprint density at radius 3 is 2.85 bits per heavy atom. The molecule has 3 atom stereocenters. The van der Waals surface area contributed by atoms with Crippen molar-refractivity contribution < 1.29 is 18.7 Å². The van der Waals surface area contributed by atoms with E-state index in [1.807, 2.05) is 24.3 Å². The molecule has 7 nitrogen and oxygen atoms in total. The van der Waals surface area contributed by atoms with Crippen molar-refractivity contribution >= 4 is 17.7 Å². The van der Waals surface area contributed by atoms with E-state index in [0.717, 1.165) is 12.3 Å². The average Bonchev–Trinajstić information content (AvgIpc) is 3.42. The molecule has 1 amide bonds. The van der Waals surface area contributed by atoms with E-state index in [4.69, 9.17) is 13.9 Å². The van der Waals surface area contributed by atoms with Crippen LogP contribution in [0.3, 0.4) is 0 Å². The van der Waals surface area contributed by atoms with Crippen molar-refractivity contribution in [1.82, 2.24) is 15.5 Å². The first-order valence-electron chi connectivity index (χ1n) is 9.21. The zero-order valence-corrected chi connectivity index (χ0v) is 16.0. The van der Waals surface area contributed by atoms with Crippen LogP contribution >= 0.6 is 11.8 Å². The Kier molecular flexibility index (Phi) is 5.52. The number of thioether (sulfide) groups is 1. The van der Waals surface area contributed by atoms with E-state index < -0.39 is 0 Å². The van der Waals surface area contributed by atoms with Crippen molar-refractivity contribution in [3.05, 3.63) is 30.2 Å². The van der Waals surface area contributed by atoms with Crippen LogP contribution in [0.2, 0.25) is 0 Å². The fourth-order valence-corrected chi connectivity index (χ4v) is 4.62. The van der Waals surface area contributed by atoms with Crippen LogP contribution in [0.25, 0.3) is 0 Å². The van der Waals surface area contributed by atoms with Crippen LogP contribution in [0.4, 0.5) is 0 Å². The Hall–Kier alpha value is -2.22. The Morgan fingerprint density at radius 1 is 1.26 bits per heavy atom. The molecule has 0 radical (unpaired) electrons. The van der Waals surface area contributed by atoms with Gasteiger partial charge in [-0.25, -0.2) is 0 Å². The number of carbonyl (C=O) groups is 1. The molecule has 2 aliphatic rings. The van der Waals surface area contributed by atoms with Gasteiger partial charge in [0.1, 0.15) is 0 Å². The molecule has 1 aromatic carbocycles. The highest BCUT2D eigenvalue weighted by Crippen LogP contribution is 2.44. The first kappa shape index (κ1) is 18.2. The van der Waals surface area contributed by atoms with Crippen LogP contribution < -0.4 is 14.8 Å². The molecule has 4 rings (SSSR count). The smallest absolute Gasteiger partial charge is 0.277 e. The maximum Gasteiger partial charge on any atom is 0.277 e. The summed E-state index contributed by atoms with van der Waals surface area (Å²) >= 11 is 1.25. The lowest BCUT2D eigenvalue weighted by Gasteiger charge is -2.22. The molecule has 2 saturated carbocycles. The number of ether oxygens (including phenoxy) is 2. The van der Waals surface area contributed by atoms with E-state index in [2.05, 4.69) is 15.5 Å². The quantitative estimate of drug-likeness (QED) is 0.694. The zero-order chi connectivity index (χ0) is 18.6. The van der Waals surface area contributed by atoms with Crippen molar-refractivity contribution in [1.29, 1.82) is 0 Å². The number of carbonyl (C=O) groups excluding carboxylic acids is 1. The Balaban J connectivity index is 1.23. The van der Waals surface area contributed by atoms with Gasteiger partial charge in [-0.2, -0.15) is 0 Å². The second-order valence-corrected chi connectivity index (χ2v) is 7.97. The minimum atomic E-state index is 0.0302. The van der Waals surface area contributed by atoms with Crippen LogP contribution in [0.5, 0.6) is 11.5 Å². The predicted molar refractivity (Wildman–Crippen MR) is 99.7 cm³/mol. The second kappa shape index (κ2) is 8.21. The zero-order valence-electron chi connectivity index (χ0n) is 15.2. The predicted octanol–water partition coefficient (Wildman–Crippen LogP) is 3.05. The Labute approximate surface area is 162 Å². The lowest BCUT2D eigenvalue weighted by atomic mass is 9.95. The molecule has 27 heavy (non-hydrogen) atoms. The summed E-state index contributed by atoms with van der Waals surface area (Å²) in [6.07, 6.45) is 4.98. The fourth-order valence-electron chi connectivity index (χ4n) is 4.03. The number of amides is 1. The van der Waals surface area contributed by atoms with E-state index in [1.165, 1.54) is 31.0 Å². The number of fused-ring (bicyclic) bond motifs is 2. The number of para-hydroxylation sites is 2. The molecule has 1 aromatic heterocycles. The van der Waals surface area contributed by atoms with Crippen LogP contribution in [-0.4, -0.2) is 35.0 Å². The van der Waals surface area contributed by atoms with Gasteiger partial charge < -0.3 is 19.2 Å². The summed E-state index contributed by atoms with van der Waals surface area (Å²) < 4.78 is 16.4. The summed E-state index contributed by atoms with van der Waals surface area (Å²) in [5, 5.41) is 11.5. The third kappa shape index (κ3) is 4.37. The van der Waals surface area contributed by atoms with E-state index in [-0.39, 0.29) is 18.3 Å². The van der Waals surface area contributed by atoms with Crippen molar-refractivity contribution in [2.75, 3.05) is 12.9 Å². The molecule has 2 bridgehead atoms. The topological polar surface area (TPSA) is 86.5 Å². The maximum absolute atomic E-state index is 12.2. The largest absolute Gasteiger partial charge is 0.493 e. The summed E-state index contributed by atoms with van der Waals surface area (Å²) in [5.41, 5.74) is 0. The molecular weight excluding hydrogens is 366 g/mol. The van der Waals surface area contributed by atoms with Gasteiger partial charge in [0, 0.05) is 6.04 Å². The molecular formula is C19H23N3O4S. The van der Waals surface area contributed by atoms with Crippen LogP contribution in [0.15, 0.2) is 33.9 Å². The molecule has 144 valence electrons. The molecule has 2 aliphatic carbocycles. The molecule has 1 N–H and O–H groups in total. The average molecular weight is 389 g/mol. The molecule has 8 heteroatoms. The third-order valence-electron chi connectivity index (χ3n) is 5.28. The second-order valence-electron chi connectivity index (χ2n) is 7.04. The summed E-state index contributed by atoms with van der Waals surface area (Å²) in [6, 6.07) is 7.71. The molecule has 0 unspecified atom stereocenters. The number of benzene rings is 1. The summed E-state index contributed by atoms with van der Waals surface area (Å²) in [4.78, 5) is 12.2. The first-order valence-corrected chi connectivity index (χ1v) is 10.2. The molecule has 2 aromatic rings.